The molecule has 0 radical (unpaired) electrons. The zero-order valence-corrected chi connectivity index (χ0v) is 7.95. The average molecular weight is 258 g/mol. The molecule has 7 heavy (non-hydrogen) atoms. The van der Waals surface area contributed by atoms with Crippen LogP contribution in [0.3, 0.4) is 0 Å². The van der Waals surface area contributed by atoms with Crippen LogP contribution in [0.1, 0.15) is 13.3 Å². The first-order valence-corrected chi connectivity index (χ1v) is 2.13. The van der Waals surface area contributed by atoms with Crippen molar-refractivity contribution >= 4 is 0 Å². The van der Waals surface area contributed by atoms with Gasteiger partial charge in [0.05, 0.1) is 0 Å². The van der Waals surface area contributed by atoms with Crippen molar-refractivity contribution in [1.29, 1.82) is 0 Å². The first kappa shape index (κ1) is 7.35. The van der Waals surface area contributed by atoms with E-state index in [1.807, 2.05) is 6.08 Å². The maximum absolute atomic E-state index is 3.05. The number of hydrogen-bond donors (Lipinski definition) is 0. The molecule has 0 aromatic rings. The van der Waals surface area contributed by atoms with Crippen molar-refractivity contribution in [2.75, 3.05) is 0 Å². The van der Waals surface area contributed by atoms with Crippen molar-refractivity contribution in [2.45, 2.75) is 13.3 Å². The van der Waals surface area contributed by atoms with Gasteiger partial charge in [0, 0.05) is 25.8 Å². The molecular formula is C6H7Hf-. The van der Waals surface area contributed by atoms with Crippen LogP contribution in [0, 0.1) is 6.08 Å². The van der Waals surface area contributed by atoms with Crippen LogP contribution in [0.2, 0.25) is 0 Å². The van der Waals surface area contributed by atoms with Crippen molar-refractivity contribution < 1.29 is 25.8 Å². The van der Waals surface area contributed by atoms with Crippen LogP contribution in [0.4, 0.5) is 0 Å². The molecule has 0 saturated heterocycles. The summed E-state index contributed by atoms with van der Waals surface area (Å²) in [5, 5.41) is 0. The van der Waals surface area contributed by atoms with E-state index in [2.05, 4.69) is 19.1 Å². The Hall–Kier alpha value is 0.350. The van der Waals surface area contributed by atoms with E-state index in [1.165, 1.54) is 5.57 Å². The van der Waals surface area contributed by atoms with E-state index in [1.54, 1.807) is 0 Å². The molecule has 0 atom stereocenters. The molecule has 0 aromatic heterocycles. The fraction of sp³-hybridized carbons (Fsp3) is 0.333. The van der Waals surface area contributed by atoms with Gasteiger partial charge in [0.2, 0.25) is 0 Å². The van der Waals surface area contributed by atoms with Crippen LogP contribution in [0.25, 0.3) is 0 Å². The number of rotatable bonds is 0. The molecule has 0 heterocycles. The van der Waals surface area contributed by atoms with Crippen molar-refractivity contribution in [1.82, 2.24) is 0 Å². The molecule has 0 aromatic carbocycles. The minimum atomic E-state index is 0. The summed E-state index contributed by atoms with van der Waals surface area (Å²) in [5.41, 5.74) is 1.34. The predicted molar refractivity (Wildman–Crippen MR) is 26.2 cm³/mol. The average Bonchev–Trinajstić information content (AvgIpc) is 1.86. The maximum atomic E-state index is 3.05. The normalized spacial score (nSPS) is 15.9. The second kappa shape index (κ2) is 3.36. The first-order valence-electron chi connectivity index (χ1n) is 2.13. The second-order valence-electron chi connectivity index (χ2n) is 1.50. The molecule has 0 fully saturated rings. The number of allylic oxidation sites excluding steroid dienone is 4. The Morgan fingerprint density at radius 3 is 2.57 bits per heavy atom. The summed E-state index contributed by atoms with van der Waals surface area (Å²) >= 11 is 0. The monoisotopic (exact) mass is 259 g/mol. The molecule has 1 rings (SSSR count). The second-order valence-corrected chi connectivity index (χ2v) is 1.50. The van der Waals surface area contributed by atoms with Crippen molar-refractivity contribution in [2.24, 2.45) is 0 Å². The third-order valence-corrected chi connectivity index (χ3v) is 0.872. The molecule has 0 unspecified atom stereocenters. The van der Waals surface area contributed by atoms with E-state index in [9.17, 15) is 0 Å². The third-order valence-electron chi connectivity index (χ3n) is 0.872. The summed E-state index contributed by atoms with van der Waals surface area (Å²) in [6.45, 7) is 2.08. The van der Waals surface area contributed by atoms with Crippen LogP contribution in [0.15, 0.2) is 17.7 Å². The summed E-state index contributed by atoms with van der Waals surface area (Å²) in [4.78, 5) is 0. The topological polar surface area (TPSA) is 0 Å². The molecule has 0 bridgehead atoms. The predicted octanol–water partition coefficient (Wildman–Crippen LogP) is 1.69. The Morgan fingerprint density at radius 2 is 2.43 bits per heavy atom. The summed E-state index contributed by atoms with van der Waals surface area (Å²) in [6, 6.07) is 0. The molecule has 0 amide bonds. The Bertz CT molecular complexity index is 98.0. The smallest absolute Gasteiger partial charge is 0 e. The summed E-state index contributed by atoms with van der Waals surface area (Å²) in [5.74, 6) is 0. The van der Waals surface area contributed by atoms with Crippen LogP contribution in [-0.4, -0.2) is 0 Å². The Labute approximate surface area is 63.1 Å². The largest absolute Gasteiger partial charge is 0.273 e. The third kappa shape index (κ3) is 2.22. The van der Waals surface area contributed by atoms with Crippen LogP contribution in [0.5, 0.6) is 0 Å². The van der Waals surface area contributed by atoms with Gasteiger partial charge in [-0.05, 0) is 0 Å². The zero-order valence-electron chi connectivity index (χ0n) is 4.36. The van der Waals surface area contributed by atoms with E-state index >= 15 is 0 Å². The Balaban J connectivity index is 0.000000360. The van der Waals surface area contributed by atoms with Gasteiger partial charge in [-0.25, -0.2) is 11.6 Å². The minimum Gasteiger partial charge on any atom is -0.273 e. The van der Waals surface area contributed by atoms with Gasteiger partial charge in [-0.1, -0.05) is 0 Å². The summed E-state index contributed by atoms with van der Waals surface area (Å²) in [7, 11) is 0. The Kier molecular flexibility index (Phi) is 3.53. The molecule has 0 saturated carbocycles. The van der Waals surface area contributed by atoms with E-state index in [0.29, 0.717) is 0 Å². The van der Waals surface area contributed by atoms with Gasteiger partial charge in [0.15, 0.2) is 0 Å². The zero-order chi connectivity index (χ0) is 4.41. The SMILES string of the molecule is CC1=CC[C-]=C1.[Hf]. The fourth-order valence-corrected chi connectivity index (χ4v) is 0.499. The van der Waals surface area contributed by atoms with Gasteiger partial charge in [-0.15, -0.1) is 13.3 Å². The molecule has 1 aliphatic rings. The van der Waals surface area contributed by atoms with Crippen molar-refractivity contribution in [3.05, 3.63) is 23.8 Å². The van der Waals surface area contributed by atoms with Gasteiger partial charge >= 0.3 is 0 Å². The van der Waals surface area contributed by atoms with Crippen LogP contribution in [-0.2, 0) is 25.8 Å². The molecule has 0 aliphatic heterocycles. The first-order chi connectivity index (χ1) is 2.89. The quantitative estimate of drug-likeness (QED) is 0.458. The molecule has 1 aliphatic carbocycles. The van der Waals surface area contributed by atoms with E-state index in [4.69, 9.17) is 0 Å². The minimum absolute atomic E-state index is 0. The van der Waals surface area contributed by atoms with E-state index < -0.39 is 0 Å². The van der Waals surface area contributed by atoms with Gasteiger partial charge in [-0.2, -0.15) is 6.08 Å². The number of hydrogen-bond acceptors (Lipinski definition) is 0. The van der Waals surface area contributed by atoms with E-state index in [-0.39, 0.29) is 25.8 Å². The molecule has 0 spiro atoms. The van der Waals surface area contributed by atoms with Crippen LogP contribution >= 0.6 is 0 Å². The summed E-state index contributed by atoms with van der Waals surface area (Å²) in [6.07, 6.45) is 8.24. The van der Waals surface area contributed by atoms with E-state index in [0.717, 1.165) is 6.42 Å². The van der Waals surface area contributed by atoms with Gasteiger partial charge in [0.25, 0.3) is 0 Å². The van der Waals surface area contributed by atoms with Crippen molar-refractivity contribution in [3.63, 3.8) is 0 Å². The summed E-state index contributed by atoms with van der Waals surface area (Å²) < 4.78 is 0. The fourth-order valence-electron chi connectivity index (χ4n) is 0.499. The van der Waals surface area contributed by atoms with Gasteiger partial charge in [0.1, 0.15) is 0 Å². The van der Waals surface area contributed by atoms with Gasteiger partial charge in [-0.3, -0.25) is 6.08 Å². The molecule has 36 valence electrons. The van der Waals surface area contributed by atoms with Gasteiger partial charge < -0.3 is 0 Å². The molecule has 0 N–H and O–H groups in total. The Morgan fingerprint density at radius 1 is 1.71 bits per heavy atom. The standard InChI is InChI=1S/C6H7.Hf/c1-6-4-2-3-5-6;/h4-5H,2H2,1H3;/q-1;. The van der Waals surface area contributed by atoms with Crippen LogP contribution < -0.4 is 0 Å². The maximum Gasteiger partial charge on any atom is 0 e. The molecular weight excluding hydrogens is 251 g/mol. The van der Waals surface area contributed by atoms with Crippen molar-refractivity contribution in [3.8, 4) is 0 Å². The molecule has 1 heteroatoms. The molecule has 0 nitrogen and oxygen atoms in total.